The zero-order valence-corrected chi connectivity index (χ0v) is 15.6. The van der Waals surface area contributed by atoms with Gasteiger partial charge in [-0.25, -0.2) is 0 Å². The minimum atomic E-state index is -0.232. The van der Waals surface area contributed by atoms with Gasteiger partial charge in [-0.15, -0.1) is 0 Å². The first-order valence-corrected chi connectivity index (χ1v) is 8.96. The molecule has 1 unspecified atom stereocenters. The molecule has 1 amide bonds. The number of halogens is 1. The summed E-state index contributed by atoms with van der Waals surface area (Å²) in [7, 11) is 0. The minimum Gasteiger partial charge on any atom is -0.306 e. The van der Waals surface area contributed by atoms with E-state index in [1.54, 1.807) is 12.4 Å². The maximum atomic E-state index is 13.3. The average molecular weight is 395 g/mol. The standard InChI is InChI=1S/C21H19BrN2O/c1-16(18-10-6-3-7-11-18)21(25)24(15-17-8-4-2-5-9-17)20-12-13-23-14-19(20)22/h2-14,16H,15H2,1H3. The topological polar surface area (TPSA) is 33.2 Å². The Kier molecular flexibility index (Phi) is 5.61. The van der Waals surface area contributed by atoms with Crippen LogP contribution in [0.3, 0.4) is 0 Å². The van der Waals surface area contributed by atoms with Crippen LogP contribution in [0.1, 0.15) is 24.0 Å². The van der Waals surface area contributed by atoms with Crippen LogP contribution in [0.5, 0.6) is 0 Å². The molecule has 1 heterocycles. The molecule has 126 valence electrons. The van der Waals surface area contributed by atoms with Crippen LogP contribution in [0.25, 0.3) is 0 Å². The number of pyridine rings is 1. The molecular formula is C21H19BrN2O. The highest BCUT2D eigenvalue weighted by molar-refractivity contribution is 9.10. The van der Waals surface area contributed by atoms with E-state index < -0.39 is 0 Å². The maximum absolute atomic E-state index is 13.3. The van der Waals surface area contributed by atoms with Crippen molar-refractivity contribution < 1.29 is 4.79 Å². The number of hydrogen-bond acceptors (Lipinski definition) is 2. The van der Waals surface area contributed by atoms with Gasteiger partial charge in [0.05, 0.1) is 22.6 Å². The fourth-order valence-electron chi connectivity index (χ4n) is 2.75. The predicted octanol–water partition coefficient (Wildman–Crippen LogP) is 5.18. The van der Waals surface area contributed by atoms with E-state index in [0.717, 1.165) is 21.3 Å². The van der Waals surface area contributed by atoms with Gasteiger partial charge in [-0.2, -0.15) is 0 Å². The molecule has 0 aliphatic rings. The number of nitrogens with zero attached hydrogens (tertiary/aromatic N) is 2. The molecule has 1 aromatic heterocycles. The van der Waals surface area contributed by atoms with E-state index >= 15 is 0 Å². The molecule has 3 rings (SSSR count). The molecule has 0 spiro atoms. The van der Waals surface area contributed by atoms with E-state index in [1.165, 1.54) is 0 Å². The minimum absolute atomic E-state index is 0.0574. The van der Waals surface area contributed by atoms with Crippen molar-refractivity contribution >= 4 is 27.5 Å². The van der Waals surface area contributed by atoms with E-state index in [4.69, 9.17) is 0 Å². The van der Waals surface area contributed by atoms with Crippen LogP contribution in [0, 0.1) is 0 Å². The van der Waals surface area contributed by atoms with E-state index in [-0.39, 0.29) is 11.8 Å². The van der Waals surface area contributed by atoms with Gasteiger partial charge in [0.15, 0.2) is 0 Å². The summed E-state index contributed by atoms with van der Waals surface area (Å²) in [5.74, 6) is -0.174. The van der Waals surface area contributed by atoms with Crippen LogP contribution in [0.4, 0.5) is 5.69 Å². The summed E-state index contributed by atoms with van der Waals surface area (Å²) in [6.07, 6.45) is 3.42. The monoisotopic (exact) mass is 394 g/mol. The number of amides is 1. The lowest BCUT2D eigenvalue weighted by Crippen LogP contribution is -2.34. The Balaban J connectivity index is 1.96. The van der Waals surface area contributed by atoms with Crippen molar-refractivity contribution in [2.45, 2.75) is 19.4 Å². The van der Waals surface area contributed by atoms with Gasteiger partial charge in [-0.3, -0.25) is 9.78 Å². The third-order valence-electron chi connectivity index (χ3n) is 4.16. The van der Waals surface area contributed by atoms with E-state index in [9.17, 15) is 4.79 Å². The second kappa shape index (κ2) is 8.08. The van der Waals surface area contributed by atoms with Crippen molar-refractivity contribution in [3.63, 3.8) is 0 Å². The molecule has 1 atom stereocenters. The van der Waals surface area contributed by atoms with Crippen molar-refractivity contribution in [1.29, 1.82) is 0 Å². The first kappa shape index (κ1) is 17.4. The summed E-state index contributed by atoms with van der Waals surface area (Å²) in [4.78, 5) is 19.2. The molecule has 0 aliphatic heterocycles. The summed E-state index contributed by atoms with van der Waals surface area (Å²) in [5.41, 5.74) is 2.92. The molecule has 0 saturated carbocycles. The number of carbonyl (C=O) groups excluding carboxylic acids is 1. The highest BCUT2D eigenvalue weighted by Crippen LogP contribution is 2.29. The van der Waals surface area contributed by atoms with Gasteiger partial charge in [0.2, 0.25) is 5.91 Å². The molecular weight excluding hydrogens is 376 g/mol. The van der Waals surface area contributed by atoms with Crippen LogP contribution in [0.2, 0.25) is 0 Å². The SMILES string of the molecule is CC(C(=O)N(Cc1ccccc1)c1ccncc1Br)c1ccccc1. The Hall–Kier alpha value is -2.46. The van der Waals surface area contributed by atoms with E-state index in [2.05, 4.69) is 20.9 Å². The fourth-order valence-corrected chi connectivity index (χ4v) is 3.22. The maximum Gasteiger partial charge on any atom is 0.234 e. The predicted molar refractivity (Wildman–Crippen MR) is 104 cm³/mol. The first-order valence-electron chi connectivity index (χ1n) is 8.16. The number of rotatable bonds is 5. The van der Waals surface area contributed by atoms with Gasteiger partial charge < -0.3 is 4.90 Å². The second-order valence-corrected chi connectivity index (χ2v) is 6.72. The molecule has 3 nitrogen and oxygen atoms in total. The Morgan fingerprint density at radius 3 is 2.32 bits per heavy atom. The van der Waals surface area contributed by atoms with Crippen LogP contribution in [-0.4, -0.2) is 10.9 Å². The third-order valence-corrected chi connectivity index (χ3v) is 4.77. The van der Waals surface area contributed by atoms with Crippen LogP contribution < -0.4 is 4.90 Å². The lowest BCUT2D eigenvalue weighted by molar-refractivity contribution is -0.119. The van der Waals surface area contributed by atoms with Gasteiger partial charge in [0.1, 0.15) is 0 Å². The van der Waals surface area contributed by atoms with Crippen molar-refractivity contribution in [3.05, 3.63) is 94.7 Å². The second-order valence-electron chi connectivity index (χ2n) is 5.87. The van der Waals surface area contributed by atoms with Gasteiger partial charge >= 0.3 is 0 Å². The molecule has 2 aromatic carbocycles. The Labute approximate surface area is 156 Å². The lowest BCUT2D eigenvalue weighted by Gasteiger charge is -2.27. The molecule has 3 aromatic rings. The van der Waals surface area contributed by atoms with Crippen molar-refractivity contribution in [1.82, 2.24) is 4.98 Å². The zero-order valence-electron chi connectivity index (χ0n) is 14.0. The normalized spacial score (nSPS) is 11.8. The van der Waals surface area contributed by atoms with Crippen LogP contribution in [0.15, 0.2) is 83.6 Å². The summed E-state index contributed by atoms with van der Waals surface area (Å²) in [6.45, 7) is 2.46. The molecule has 25 heavy (non-hydrogen) atoms. The lowest BCUT2D eigenvalue weighted by atomic mass is 9.99. The average Bonchev–Trinajstić information content (AvgIpc) is 2.67. The molecule has 0 radical (unpaired) electrons. The number of benzene rings is 2. The van der Waals surface area contributed by atoms with Crippen molar-refractivity contribution in [2.75, 3.05) is 4.90 Å². The van der Waals surface area contributed by atoms with Gasteiger partial charge in [0.25, 0.3) is 0 Å². The Bertz CT molecular complexity index is 837. The first-order chi connectivity index (χ1) is 12.2. The summed E-state index contributed by atoms with van der Waals surface area (Å²) < 4.78 is 0.805. The quantitative estimate of drug-likeness (QED) is 0.596. The Morgan fingerprint density at radius 2 is 1.68 bits per heavy atom. The molecule has 0 bridgehead atoms. The van der Waals surface area contributed by atoms with E-state index in [1.807, 2.05) is 78.6 Å². The van der Waals surface area contributed by atoms with Crippen LogP contribution >= 0.6 is 15.9 Å². The summed E-state index contributed by atoms with van der Waals surface area (Å²) in [5, 5.41) is 0. The number of aromatic nitrogens is 1. The Morgan fingerprint density at radius 1 is 1.04 bits per heavy atom. The fraction of sp³-hybridized carbons (Fsp3) is 0.143. The third kappa shape index (κ3) is 4.15. The number of anilines is 1. The van der Waals surface area contributed by atoms with E-state index in [0.29, 0.717) is 6.54 Å². The van der Waals surface area contributed by atoms with Gasteiger partial charge in [-0.05, 0) is 40.0 Å². The highest BCUT2D eigenvalue weighted by atomic mass is 79.9. The van der Waals surface area contributed by atoms with Gasteiger partial charge in [0, 0.05) is 12.4 Å². The smallest absolute Gasteiger partial charge is 0.234 e. The zero-order chi connectivity index (χ0) is 17.6. The van der Waals surface area contributed by atoms with Crippen molar-refractivity contribution in [2.24, 2.45) is 0 Å². The van der Waals surface area contributed by atoms with Gasteiger partial charge in [-0.1, -0.05) is 60.7 Å². The molecule has 0 saturated heterocycles. The number of carbonyl (C=O) groups is 1. The van der Waals surface area contributed by atoms with Crippen LogP contribution in [-0.2, 0) is 11.3 Å². The highest BCUT2D eigenvalue weighted by Gasteiger charge is 2.24. The summed E-state index contributed by atoms with van der Waals surface area (Å²) >= 11 is 3.53. The molecule has 0 fully saturated rings. The number of hydrogen-bond donors (Lipinski definition) is 0. The largest absolute Gasteiger partial charge is 0.306 e. The van der Waals surface area contributed by atoms with Crippen molar-refractivity contribution in [3.8, 4) is 0 Å². The summed E-state index contributed by atoms with van der Waals surface area (Å²) in [6, 6.07) is 21.7. The molecule has 0 aliphatic carbocycles. The molecule has 4 heteroatoms. The molecule has 0 N–H and O–H groups in total.